The van der Waals surface area contributed by atoms with Crippen LogP contribution in [0.2, 0.25) is 0 Å². The van der Waals surface area contributed by atoms with E-state index in [9.17, 15) is 4.79 Å². The number of nitrogens with zero attached hydrogens (tertiary/aromatic N) is 1. The van der Waals surface area contributed by atoms with Crippen molar-refractivity contribution in [1.29, 1.82) is 0 Å². The average Bonchev–Trinajstić information content (AvgIpc) is 2.41. The minimum atomic E-state index is -0.946. The molecule has 0 amide bonds. The summed E-state index contributed by atoms with van der Waals surface area (Å²) in [5.41, 5.74) is 7.88. The highest BCUT2D eigenvalue weighted by Crippen LogP contribution is 2.14. The lowest BCUT2D eigenvalue weighted by atomic mass is 10.00. The summed E-state index contributed by atoms with van der Waals surface area (Å²) >= 11 is 0. The second kappa shape index (κ2) is 8.72. The van der Waals surface area contributed by atoms with Crippen LogP contribution < -0.4 is 5.73 Å². The standard InChI is InChI=1S/C16H26N2O2/c1-3-9-18(10-4-2)12-14-8-6-5-7-13(14)11-15(17)16(19)20/h5-8,15H,3-4,9-12,17H2,1-2H3,(H,19,20). The molecule has 4 nitrogen and oxygen atoms in total. The Kier molecular flexibility index (Phi) is 7.26. The van der Waals surface area contributed by atoms with Crippen molar-refractivity contribution < 1.29 is 9.90 Å². The fourth-order valence-electron chi connectivity index (χ4n) is 2.38. The number of carbonyl (C=O) groups is 1. The Labute approximate surface area is 121 Å². The van der Waals surface area contributed by atoms with Gasteiger partial charge < -0.3 is 10.8 Å². The number of carboxylic acids is 1. The lowest BCUT2D eigenvalue weighted by Crippen LogP contribution is -2.33. The lowest BCUT2D eigenvalue weighted by Gasteiger charge is -2.23. The summed E-state index contributed by atoms with van der Waals surface area (Å²) in [6.07, 6.45) is 2.63. The third-order valence-corrected chi connectivity index (χ3v) is 3.35. The van der Waals surface area contributed by atoms with E-state index in [2.05, 4.69) is 24.8 Å². The van der Waals surface area contributed by atoms with Crippen molar-refractivity contribution in [2.24, 2.45) is 5.73 Å². The molecule has 0 saturated heterocycles. The van der Waals surface area contributed by atoms with Gasteiger partial charge in [-0.05, 0) is 43.5 Å². The third kappa shape index (κ3) is 5.31. The molecule has 0 spiro atoms. The fourth-order valence-corrected chi connectivity index (χ4v) is 2.38. The molecular weight excluding hydrogens is 252 g/mol. The van der Waals surface area contributed by atoms with E-state index in [-0.39, 0.29) is 0 Å². The molecule has 1 aromatic carbocycles. The van der Waals surface area contributed by atoms with Gasteiger partial charge in [0.15, 0.2) is 0 Å². The van der Waals surface area contributed by atoms with Gasteiger partial charge in [-0.15, -0.1) is 0 Å². The highest BCUT2D eigenvalue weighted by atomic mass is 16.4. The molecular formula is C16H26N2O2. The van der Waals surface area contributed by atoms with Crippen LogP contribution in [0, 0.1) is 0 Å². The quantitative estimate of drug-likeness (QED) is 0.727. The summed E-state index contributed by atoms with van der Waals surface area (Å²) in [5.74, 6) is -0.946. The van der Waals surface area contributed by atoms with Crippen molar-refractivity contribution >= 4 is 5.97 Å². The number of benzene rings is 1. The van der Waals surface area contributed by atoms with Crippen LogP contribution in [-0.2, 0) is 17.8 Å². The van der Waals surface area contributed by atoms with Gasteiger partial charge in [-0.25, -0.2) is 0 Å². The van der Waals surface area contributed by atoms with Crippen LogP contribution in [0.15, 0.2) is 24.3 Å². The largest absolute Gasteiger partial charge is 0.480 e. The molecule has 112 valence electrons. The lowest BCUT2D eigenvalue weighted by molar-refractivity contribution is -0.138. The van der Waals surface area contributed by atoms with Gasteiger partial charge in [0, 0.05) is 6.54 Å². The highest BCUT2D eigenvalue weighted by Gasteiger charge is 2.15. The first-order valence-electron chi connectivity index (χ1n) is 7.36. The Bertz CT molecular complexity index is 415. The number of rotatable bonds is 9. The summed E-state index contributed by atoms with van der Waals surface area (Å²) in [4.78, 5) is 13.3. The van der Waals surface area contributed by atoms with Crippen molar-refractivity contribution in [3.63, 3.8) is 0 Å². The van der Waals surface area contributed by atoms with Crippen molar-refractivity contribution in [1.82, 2.24) is 4.90 Å². The predicted octanol–water partition coefficient (Wildman–Crippen LogP) is 2.26. The average molecular weight is 278 g/mol. The van der Waals surface area contributed by atoms with Crippen LogP contribution in [0.1, 0.15) is 37.8 Å². The zero-order valence-electron chi connectivity index (χ0n) is 12.5. The van der Waals surface area contributed by atoms with Gasteiger partial charge in [0.1, 0.15) is 6.04 Å². The zero-order chi connectivity index (χ0) is 15.0. The predicted molar refractivity (Wildman–Crippen MR) is 81.6 cm³/mol. The molecule has 0 saturated carbocycles. The molecule has 1 unspecified atom stereocenters. The molecule has 0 bridgehead atoms. The van der Waals surface area contributed by atoms with Crippen LogP contribution in [0.4, 0.5) is 0 Å². The number of hydrogen-bond donors (Lipinski definition) is 2. The maximum Gasteiger partial charge on any atom is 0.320 e. The van der Waals surface area contributed by atoms with E-state index >= 15 is 0 Å². The monoisotopic (exact) mass is 278 g/mol. The molecule has 1 atom stereocenters. The molecule has 1 rings (SSSR count). The molecule has 0 fully saturated rings. The summed E-state index contributed by atoms with van der Waals surface area (Å²) in [5, 5.41) is 8.95. The summed E-state index contributed by atoms with van der Waals surface area (Å²) in [7, 11) is 0. The summed E-state index contributed by atoms with van der Waals surface area (Å²) in [6, 6.07) is 7.16. The molecule has 4 heteroatoms. The minimum absolute atomic E-state index is 0.387. The first kappa shape index (κ1) is 16.7. The van der Waals surface area contributed by atoms with Crippen molar-refractivity contribution in [3.8, 4) is 0 Å². The van der Waals surface area contributed by atoms with Crippen molar-refractivity contribution in [2.45, 2.75) is 45.7 Å². The highest BCUT2D eigenvalue weighted by molar-refractivity contribution is 5.73. The molecule has 3 N–H and O–H groups in total. The number of aliphatic carboxylic acids is 1. The van der Waals surface area contributed by atoms with Crippen LogP contribution >= 0.6 is 0 Å². The van der Waals surface area contributed by atoms with E-state index in [1.807, 2.05) is 18.2 Å². The number of carboxylic acid groups (broad SMARTS) is 1. The summed E-state index contributed by atoms with van der Waals surface area (Å²) < 4.78 is 0. The van der Waals surface area contributed by atoms with E-state index in [0.717, 1.165) is 38.0 Å². The van der Waals surface area contributed by atoms with Gasteiger partial charge in [0.05, 0.1) is 0 Å². The smallest absolute Gasteiger partial charge is 0.320 e. The Morgan fingerprint density at radius 3 is 2.25 bits per heavy atom. The fraction of sp³-hybridized carbons (Fsp3) is 0.562. The first-order valence-corrected chi connectivity index (χ1v) is 7.36. The molecule has 0 radical (unpaired) electrons. The summed E-state index contributed by atoms with van der Waals surface area (Å²) in [6.45, 7) is 7.34. The van der Waals surface area contributed by atoms with E-state index in [1.165, 1.54) is 5.56 Å². The maximum absolute atomic E-state index is 10.9. The van der Waals surface area contributed by atoms with Gasteiger partial charge in [-0.3, -0.25) is 9.69 Å². The molecule has 20 heavy (non-hydrogen) atoms. The molecule has 0 aromatic heterocycles. The van der Waals surface area contributed by atoms with Gasteiger partial charge >= 0.3 is 5.97 Å². The molecule has 0 aliphatic rings. The molecule has 0 aliphatic carbocycles. The van der Waals surface area contributed by atoms with Gasteiger partial charge in [-0.1, -0.05) is 38.1 Å². The van der Waals surface area contributed by atoms with Crippen LogP contribution in [-0.4, -0.2) is 35.1 Å². The second-order valence-corrected chi connectivity index (χ2v) is 5.19. The topological polar surface area (TPSA) is 66.6 Å². The van der Waals surface area contributed by atoms with Gasteiger partial charge in [-0.2, -0.15) is 0 Å². The number of nitrogens with two attached hydrogens (primary N) is 1. The van der Waals surface area contributed by atoms with Crippen molar-refractivity contribution in [3.05, 3.63) is 35.4 Å². The second-order valence-electron chi connectivity index (χ2n) is 5.19. The zero-order valence-corrected chi connectivity index (χ0v) is 12.5. The molecule has 1 aromatic rings. The number of hydrogen-bond acceptors (Lipinski definition) is 3. The first-order chi connectivity index (χ1) is 9.58. The molecule has 0 heterocycles. The Balaban J connectivity index is 2.80. The van der Waals surface area contributed by atoms with Crippen LogP contribution in [0.5, 0.6) is 0 Å². The minimum Gasteiger partial charge on any atom is -0.480 e. The maximum atomic E-state index is 10.9. The SMILES string of the molecule is CCCN(CCC)Cc1ccccc1CC(N)C(=O)O. The molecule has 0 aliphatic heterocycles. The normalized spacial score (nSPS) is 12.6. The van der Waals surface area contributed by atoms with Crippen LogP contribution in [0.3, 0.4) is 0 Å². The Morgan fingerprint density at radius 1 is 1.20 bits per heavy atom. The van der Waals surface area contributed by atoms with E-state index in [0.29, 0.717) is 6.42 Å². The third-order valence-electron chi connectivity index (χ3n) is 3.35. The van der Waals surface area contributed by atoms with Gasteiger partial charge in [0.2, 0.25) is 0 Å². The Morgan fingerprint density at radius 2 is 1.75 bits per heavy atom. The van der Waals surface area contributed by atoms with Crippen molar-refractivity contribution in [2.75, 3.05) is 13.1 Å². The Hall–Kier alpha value is -1.39. The van der Waals surface area contributed by atoms with E-state index in [4.69, 9.17) is 10.8 Å². The van der Waals surface area contributed by atoms with E-state index in [1.54, 1.807) is 0 Å². The van der Waals surface area contributed by atoms with E-state index < -0.39 is 12.0 Å². The van der Waals surface area contributed by atoms with Gasteiger partial charge in [0.25, 0.3) is 0 Å². The van der Waals surface area contributed by atoms with Crippen LogP contribution in [0.25, 0.3) is 0 Å².